The highest BCUT2D eigenvalue weighted by atomic mass is 32.2. The molecule has 0 aliphatic heterocycles. The van der Waals surface area contributed by atoms with Gasteiger partial charge in [-0.3, -0.25) is 0 Å². The van der Waals surface area contributed by atoms with Gasteiger partial charge < -0.3 is 15.7 Å². The molecule has 6 heteroatoms. The lowest BCUT2D eigenvalue weighted by Gasteiger charge is -2.18. The summed E-state index contributed by atoms with van der Waals surface area (Å²) in [6.07, 6.45) is 7.35. The molecule has 0 radical (unpaired) electrons. The van der Waals surface area contributed by atoms with Crippen molar-refractivity contribution in [2.24, 2.45) is 11.3 Å². The molecular weight excluding hydrogens is 264 g/mol. The Morgan fingerprint density at radius 2 is 2.11 bits per heavy atom. The van der Waals surface area contributed by atoms with Gasteiger partial charge in [0, 0.05) is 6.54 Å². The molecule has 108 valence electrons. The number of carboxylic acid groups (broad SMARTS) is 1. The number of nitrogens with one attached hydrogen (secondary N) is 2. The van der Waals surface area contributed by atoms with E-state index in [1.807, 2.05) is 6.26 Å². The minimum atomic E-state index is -0.965. The largest absolute Gasteiger partial charge is 0.480 e. The maximum absolute atomic E-state index is 11.7. The first-order valence-corrected chi connectivity index (χ1v) is 8.23. The molecule has 0 aromatic rings. The van der Waals surface area contributed by atoms with Gasteiger partial charge in [0.25, 0.3) is 0 Å². The third-order valence-electron chi connectivity index (χ3n) is 4.15. The predicted molar refractivity (Wildman–Crippen MR) is 75.3 cm³/mol. The third kappa shape index (κ3) is 4.03. The van der Waals surface area contributed by atoms with Gasteiger partial charge in [-0.15, -0.1) is 0 Å². The van der Waals surface area contributed by atoms with Crippen molar-refractivity contribution in [2.75, 3.05) is 18.6 Å². The zero-order chi connectivity index (χ0) is 13.9. The zero-order valence-electron chi connectivity index (χ0n) is 11.3. The maximum atomic E-state index is 11.7. The first-order chi connectivity index (χ1) is 9.07. The van der Waals surface area contributed by atoms with Crippen LogP contribution in [0.3, 0.4) is 0 Å². The third-order valence-corrected chi connectivity index (χ3v) is 4.79. The van der Waals surface area contributed by atoms with E-state index in [2.05, 4.69) is 10.6 Å². The molecule has 0 aromatic carbocycles. The van der Waals surface area contributed by atoms with Crippen LogP contribution in [0.1, 0.15) is 32.1 Å². The molecule has 0 aromatic heterocycles. The molecule has 1 atom stereocenters. The Morgan fingerprint density at radius 1 is 1.42 bits per heavy atom. The molecule has 2 rings (SSSR count). The van der Waals surface area contributed by atoms with Crippen LogP contribution in [0.4, 0.5) is 4.79 Å². The van der Waals surface area contributed by atoms with Crippen LogP contribution in [0.25, 0.3) is 0 Å². The van der Waals surface area contributed by atoms with Gasteiger partial charge in [0.05, 0.1) is 0 Å². The van der Waals surface area contributed by atoms with E-state index in [9.17, 15) is 9.59 Å². The van der Waals surface area contributed by atoms with Gasteiger partial charge in [0.15, 0.2) is 0 Å². The Morgan fingerprint density at radius 3 is 2.58 bits per heavy atom. The van der Waals surface area contributed by atoms with E-state index >= 15 is 0 Å². The Hall–Kier alpha value is -0.910. The quantitative estimate of drug-likeness (QED) is 0.634. The van der Waals surface area contributed by atoms with Crippen LogP contribution < -0.4 is 10.6 Å². The maximum Gasteiger partial charge on any atom is 0.326 e. The van der Waals surface area contributed by atoms with E-state index in [1.165, 1.54) is 25.7 Å². The fourth-order valence-electron chi connectivity index (χ4n) is 2.54. The van der Waals surface area contributed by atoms with Crippen LogP contribution in [0.2, 0.25) is 0 Å². The van der Waals surface area contributed by atoms with Crippen LogP contribution in [0.5, 0.6) is 0 Å². The summed E-state index contributed by atoms with van der Waals surface area (Å²) in [5.41, 5.74) is 0.343. The summed E-state index contributed by atoms with van der Waals surface area (Å²) < 4.78 is 0. The Labute approximate surface area is 117 Å². The minimum absolute atomic E-state index is 0.343. The summed E-state index contributed by atoms with van der Waals surface area (Å²) >= 11 is 1.58. The normalized spacial score (nSPS) is 21.5. The van der Waals surface area contributed by atoms with Crippen molar-refractivity contribution in [2.45, 2.75) is 38.1 Å². The molecule has 3 N–H and O–H groups in total. The van der Waals surface area contributed by atoms with E-state index in [1.54, 1.807) is 11.8 Å². The van der Waals surface area contributed by atoms with Gasteiger partial charge in [-0.05, 0) is 55.4 Å². The van der Waals surface area contributed by atoms with Crippen molar-refractivity contribution in [1.82, 2.24) is 10.6 Å². The average molecular weight is 286 g/mol. The van der Waals surface area contributed by atoms with Gasteiger partial charge in [-0.25, -0.2) is 9.59 Å². The lowest BCUT2D eigenvalue weighted by Crippen LogP contribution is -2.47. The van der Waals surface area contributed by atoms with Crippen LogP contribution in [0, 0.1) is 11.3 Å². The average Bonchev–Trinajstić information content (AvgIpc) is 3.24. The summed E-state index contributed by atoms with van der Waals surface area (Å²) in [5.74, 6) is 0.551. The molecule has 2 saturated carbocycles. The number of urea groups is 1. The highest BCUT2D eigenvalue weighted by Crippen LogP contribution is 2.60. The number of amides is 2. The molecule has 0 saturated heterocycles. The fourth-order valence-corrected chi connectivity index (χ4v) is 3.02. The molecule has 2 fully saturated rings. The summed E-state index contributed by atoms with van der Waals surface area (Å²) in [6.45, 7) is 0.693. The zero-order valence-corrected chi connectivity index (χ0v) is 12.1. The molecule has 0 spiro atoms. The number of aliphatic carboxylic acids is 1. The van der Waals surface area contributed by atoms with Crippen LogP contribution in [-0.4, -0.2) is 41.7 Å². The summed E-state index contributed by atoms with van der Waals surface area (Å²) in [6, 6.07) is -1.14. The first kappa shape index (κ1) is 14.5. The second-order valence-corrected chi connectivity index (χ2v) is 6.62. The topological polar surface area (TPSA) is 78.4 Å². The highest BCUT2D eigenvalue weighted by molar-refractivity contribution is 7.98. The van der Waals surface area contributed by atoms with Crippen LogP contribution in [-0.2, 0) is 4.79 Å². The first-order valence-electron chi connectivity index (χ1n) is 6.83. The predicted octanol–water partition coefficient (Wildman–Crippen LogP) is 1.68. The van der Waals surface area contributed by atoms with Gasteiger partial charge in [0.2, 0.25) is 0 Å². The molecule has 2 aliphatic carbocycles. The van der Waals surface area contributed by atoms with Crippen molar-refractivity contribution < 1.29 is 14.7 Å². The molecule has 2 amide bonds. The summed E-state index contributed by atoms with van der Waals surface area (Å²) in [5, 5.41) is 14.4. The molecule has 1 unspecified atom stereocenters. The number of thioether (sulfide) groups is 1. The van der Waals surface area contributed by atoms with Gasteiger partial charge in [-0.2, -0.15) is 11.8 Å². The van der Waals surface area contributed by atoms with Crippen molar-refractivity contribution >= 4 is 23.8 Å². The number of hydrogen-bond donors (Lipinski definition) is 3. The van der Waals surface area contributed by atoms with Gasteiger partial charge >= 0.3 is 12.0 Å². The van der Waals surface area contributed by atoms with Gasteiger partial charge in [-0.1, -0.05) is 0 Å². The molecule has 0 bridgehead atoms. The number of carbonyl (C=O) groups excluding carboxylic acids is 1. The number of carbonyl (C=O) groups is 2. The molecule has 19 heavy (non-hydrogen) atoms. The Bertz CT molecular complexity index is 354. The molecule has 2 aliphatic rings. The second-order valence-electron chi connectivity index (χ2n) is 5.64. The van der Waals surface area contributed by atoms with E-state index in [0.29, 0.717) is 18.4 Å². The van der Waals surface area contributed by atoms with Gasteiger partial charge in [0.1, 0.15) is 6.04 Å². The SMILES string of the molecule is CSCCC(NC(=O)NCC1(C2CC2)CC1)C(=O)O. The smallest absolute Gasteiger partial charge is 0.326 e. The molecular formula is C13H22N2O3S. The Kier molecular flexibility index (Phi) is 4.60. The lowest BCUT2D eigenvalue weighted by molar-refractivity contribution is -0.139. The summed E-state index contributed by atoms with van der Waals surface area (Å²) in [7, 11) is 0. The Balaban J connectivity index is 1.71. The van der Waals surface area contributed by atoms with Crippen LogP contribution in [0.15, 0.2) is 0 Å². The standard InChI is InChI=1S/C13H22N2O3S/c1-19-7-4-10(11(16)17)15-12(18)14-8-13(5-6-13)9-2-3-9/h9-10H,2-8H2,1H3,(H,16,17)(H2,14,15,18). The van der Waals surface area contributed by atoms with E-state index in [0.717, 1.165) is 11.7 Å². The number of hydrogen-bond acceptors (Lipinski definition) is 3. The fraction of sp³-hybridized carbons (Fsp3) is 0.846. The second kappa shape index (κ2) is 6.03. The number of carboxylic acids is 1. The van der Waals surface area contributed by atoms with Crippen molar-refractivity contribution in [3.8, 4) is 0 Å². The van der Waals surface area contributed by atoms with E-state index in [4.69, 9.17) is 5.11 Å². The molecule has 5 nitrogen and oxygen atoms in total. The monoisotopic (exact) mass is 286 g/mol. The van der Waals surface area contributed by atoms with Crippen molar-refractivity contribution in [1.29, 1.82) is 0 Å². The molecule has 0 heterocycles. The van der Waals surface area contributed by atoms with E-state index < -0.39 is 12.0 Å². The van der Waals surface area contributed by atoms with Crippen molar-refractivity contribution in [3.05, 3.63) is 0 Å². The summed E-state index contributed by atoms with van der Waals surface area (Å²) in [4.78, 5) is 22.8. The highest BCUT2D eigenvalue weighted by Gasteiger charge is 2.53. The minimum Gasteiger partial charge on any atom is -0.480 e. The number of rotatable bonds is 8. The van der Waals surface area contributed by atoms with Crippen molar-refractivity contribution in [3.63, 3.8) is 0 Å². The van der Waals surface area contributed by atoms with E-state index in [-0.39, 0.29) is 6.03 Å². The lowest BCUT2D eigenvalue weighted by atomic mass is 10.0. The van der Waals surface area contributed by atoms with Crippen LogP contribution >= 0.6 is 11.8 Å².